The van der Waals surface area contributed by atoms with Gasteiger partial charge in [-0.05, 0) is 0 Å². The Morgan fingerprint density at radius 2 is 2.13 bits per heavy atom. The smallest absolute Gasteiger partial charge is 0.265 e. The normalized spacial score (nSPS) is 30.5. The number of aliphatic hydroxyl groups excluding tert-OH is 1. The molecule has 2 aromatic heterocycles. The van der Waals surface area contributed by atoms with Crippen molar-refractivity contribution in [2.45, 2.75) is 36.7 Å². The highest BCUT2D eigenvalue weighted by Gasteiger charge is 2.52. The minimum absolute atomic E-state index is 0.163. The van der Waals surface area contributed by atoms with E-state index in [-0.39, 0.29) is 6.61 Å². The van der Waals surface area contributed by atoms with Gasteiger partial charge in [-0.3, -0.25) is 10.2 Å². The minimum atomic E-state index is -1.29. The fourth-order valence-corrected chi connectivity index (χ4v) is 4.45. The average molecular weight is 444 g/mol. The van der Waals surface area contributed by atoms with Crippen molar-refractivity contribution in [3.05, 3.63) is 53.7 Å². The molecule has 11 nitrogen and oxygen atoms in total. The summed E-state index contributed by atoms with van der Waals surface area (Å²) in [6.45, 7) is 0.163. The van der Waals surface area contributed by atoms with Crippen LogP contribution in [0.3, 0.4) is 0 Å². The van der Waals surface area contributed by atoms with Crippen LogP contribution < -0.4 is 11.3 Å². The Labute approximate surface area is 180 Å². The second-order valence-electron chi connectivity index (χ2n) is 7.18. The summed E-state index contributed by atoms with van der Waals surface area (Å²) in [6, 6.07) is 8.69. The molecule has 12 heteroatoms. The first-order chi connectivity index (χ1) is 15.2. The van der Waals surface area contributed by atoms with Gasteiger partial charge in [0.25, 0.3) is 5.91 Å². The quantitative estimate of drug-likeness (QED) is 0.291. The zero-order valence-corrected chi connectivity index (χ0v) is 17.0. The highest BCUT2D eigenvalue weighted by atomic mass is 32.1. The van der Waals surface area contributed by atoms with E-state index in [1.54, 1.807) is 12.4 Å². The van der Waals surface area contributed by atoms with Gasteiger partial charge >= 0.3 is 0 Å². The Balaban J connectivity index is 1.49. The number of carbonyl (C=O) groups is 1. The molecule has 0 aliphatic carbocycles. The van der Waals surface area contributed by atoms with Crippen LogP contribution in [-0.2, 0) is 19.0 Å². The summed E-state index contributed by atoms with van der Waals surface area (Å²) in [5.41, 5.74) is 3.42. The number of thiazole rings is 1. The number of hydrogen-bond donors (Lipinski definition) is 3. The van der Waals surface area contributed by atoms with Crippen molar-refractivity contribution in [2.24, 2.45) is 5.84 Å². The van der Waals surface area contributed by atoms with E-state index in [9.17, 15) is 9.90 Å². The Morgan fingerprint density at radius 1 is 1.29 bits per heavy atom. The number of benzene rings is 1. The largest absolute Gasteiger partial charge is 0.387 e. The van der Waals surface area contributed by atoms with Gasteiger partial charge in [-0.25, -0.2) is 15.5 Å². The third kappa shape index (κ3) is 3.73. The summed E-state index contributed by atoms with van der Waals surface area (Å²) in [4.78, 5) is 16.5. The maximum Gasteiger partial charge on any atom is 0.265 e. The van der Waals surface area contributed by atoms with Crippen LogP contribution in [0, 0.1) is 0 Å². The lowest BCUT2D eigenvalue weighted by molar-refractivity contribution is -0.312. The zero-order valence-electron chi connectivity index (χ0n) is 16.1. The van der Waals surface area contributed by atoms with Gasteiger partial charge in [-0.2, -0.15) is 0 Å². The number of carbonyl (C=O) groups excluding carboxylic acids is 1. The second-order valence-corrected chi connectivity index (χ2v) is 8.08. The van der Waals surface area contributed by atoms with Gasteiger partial charge in [-0.1, -0.05) is 35.5 Å². The molecule has 0 radical (unpaired) electrons. The molecule has 6 atom stereocenters. The van der Waals surface area contributed by atoms with E-state index >= 15 is 0 Å². The van der Waals surface area contributed by atoms with Gasteiger partial charge in [0.05, 0.1) is 12.8 Å². The number of fused-ring (bicyclic) bond motifs is 1. The molecule has 31 heavy (non-hydrogen) atoms. The van der Waals surface area contributed by atoms with Gasteiger partial charge in [-0.15, -0.1) is 16.4 Å². The van der Waals surface area contributed by atoms with E-state index < -0.39 is 42.7 Å². The third-order valence-electron chi connectivity index (χ3n) is 5.32. The molecule has 3 unspecified atom stereocenters. The van der Waals surface area contributed by atoms with Crippen LogP contribution in [0.1, 0.15) is 17.9 Å². The summed E-state index contributed by atoms with van der Waals surface area (Å²) < 4.78 is 19.3. The molecular weight excluding hydrogens is 424 g/mol. The first-order valence-electron chi connectivity index (χ1n) is 9.63. The summed E-state index contributed by atoms with van der Waals surface area (Å²) in [5.74, 6) is 4.64. The topological polar surface area (TPSA) is 147 Å². The van der Waals surface area contributed by atoms with Crippen LogP contribution in [0.5, 0.6) is 0 Å². The summed E-state index contributed by atoms with van der Waals surface area (Å²) in [6.07, 6.45) is -1.09. The van der Waals surface area contributed by atoms with Crippen molar-refractivity contribution < 1.29 is 24.1 Å². The molecule has 3 aromatic rings. The van der Waals surface area contributed by atoms with Gasteiger partial charge < -0.3 is 19.3 Å². The number of ether oxygens (including phenoxy) is 3. The molecule has 0 bridgehead atoms. The van der Waals surface area contributed by atoms with E-state index in [1.807, 2.05) is 41.1 Å². The standard InChI is InChI=1S/C19H20N6O5S/c20-22-17(27)16-14(26)13(25-8-11(23-24-25)18-21-6-7-31-18)15-12(29-16)9-28-19(30-15)10-4-2-1-3-5-10/h1-8,12-16,19,26H,9,20H2,(H,22,27)/t12?,13-,14?,15+,16-,19?/m1/s1. The number of aliphatic hydroxyl groups is 1. The lowest BCUT2D eigenvalue weighted by atomic mass is 9.91. The number of nitrogens with zero attached hydrogens (tertiary/aromatic N) is 4. The predicted molar refractivity (Wildman–Crippen MR) is 107 cm³/mol. The summed E-state index contributed by atoms with van der Waals surface area (Å²) in [5, 5.41) is 21.9. The van der Waals surface area contributed by atoms with Crippen LogP contribution in [-0.4, -0.2) is 62.0 Å². The van der Waals surface area contributed by atoms with Crippen LogP contribution >= 0.6 is 11.3 Å². The number of amides is 1. The average Bonchev–Trinajstić information content (AvgIpc) is 3.50. The maximum atomic E-state index is 12.3. The zero-order chi connectivity index (χ0) is 21.4. The van der Waals surface area contributed by atoms with Gasteiger partial charge in [0.1, 0.15) is 35.1 Å². The Bertz CT molecular complexity index is 1030. The van der Waals surface area contributed by atoms with Crippen LogP contribution in [0.2, 0.25) is 0 Å². The number of nitrogens with one attached hydrogen (secondary N) is 1. The molecular formula is C19H20N6O5S. The van der Waals surface area contributed by atoms with Crippen LogP contribution in [0.25, 0.3) is 10.7 Å². The number of hydrogen-bond acceptors (Lipinski definition) is 10. The highest BCUT2D eigenvalue weighted by Crippen LogP contribution is 2.39. The second kappa shape index (κ2) is 8.42. The molecule has 2 fully saturated rings. The molecule has 0 spiro atoms. The van der Waals surface area contributed by atoms with Gasteiger partial charge in [0.2, 0.25) is 0 Å². The van der Waals surface area contributed by atoms with Gasteiger partial charge in [0.15, 0.2) is 12.4 Å². The van der Waals surface area contributed by atoms with Crippen LogP contribution in [0.15, 0.2) is 48.1 Å². The molecule has 2 saturated heterocycles. The lowest BCUT2D eigenvalue weighted by Gasteiger charge is -2.47. The van der Waals surface area contributed by atoms with E-state index in [1.165, 1.54) is 16.0 Å². The summed E-state index contributed by atoms with van der Waals surface area (Å²) in [7, 11) is 0. The molecule has 5 rings (SSSR count). The van der Waals surface area contributed by atoms with Crippen molar-refractivity contribution in [2.75, 3.05) is 6.61 Å². The highest BCUT2D eigenvalue weighted by molar-refractivity contribution is 7.13. The molecule has 2 aliphatic rings. The SMILES string of the molecule is NNC(=O)[C@@H]1OC2COC(c3ccccc3)O[C@@H]2[C@H](n2cc(-c3nccs3)nn2)C1O. The van der Waals surface area contributed by atoms with E-state index in [0.29, 0.717) is 10.7 Å². The monoisotopic (exact) mass is 444 g/mol. The molecule has 1 amide bonds. The third-order valence-corrected chi connectivity index (χ3v) is 6.11. The number of hydrazine groups is 1. The Morgan fingerprint density at radius 3 is 2.87 bits per heavy atom. The first kappa shape index (κ1) is 20.2. The molecule has 4 heterocycles. The first-order valence-corrected chi connectivity index (χ1v) is 10.5. The van der Waals surface area contributed by atoms with Crippen molar-refractivity contribution in [3.8, 4) is 10.7 Å². The lowest BCUT2D eigenvalue weighted by Crippen LogP contribution is -2.63. The van der Waals surface area contributed by atoms with Crippen molar-refractivity contribution in [1.29, 1.82) is 0 Å². The Hall–Kier alpha value is -2.74. The molecule has 162 valence electrons. The number of rotatable bonds is 4. The summed E-state index contributed by atoms with van der Waals surface area (Å²) >= 11 is 1.42. The van der Waals surface area contributed by atoms with E-state index in [0.717, 1.165) is 5.56 Å². The minimum Gasteiger partial charge on any atom is -0.387 e. The fourth-order valence-electron chi connectivity index (χ4n) is 3.87. The fraction of sp³-hybridized carbons (Fsp3) is 0.368. The maximum absolute atomic E-state index is 12.3. The number of aromatic nitrogens is 4. The van der Waals surface area contributed by atoms with E-state index in [2.05, 4.69) is 15.3 Å². The van der Waals surface area contributed by atoms with Crippen molar-refractivity contribution in [3.63, 3.8) is 0 Å². The molecule has 0 saturated carbocycles. The van der Waals surface area contributed by atoms with Crippen molar-refractivity contribution in [1.82, 2.24) is 25.4 Å². The van der Waals surface area contributed by atoms with Gasteiger partial charge in [0, 0.05) is 17.1 Å². The molecule has 1 aromatic carbocycles. The molecule has 2 aliphatic heterocycles. The predicted octanol–water partition coefficient (Wildman–Crippen LogP) is 0.175. The van der Waals surface area contributed by atoms with Crippen LogP contribution in [0.4, 0.5) is 0 Å². The molecule has 4 N–H and O–H groups in total. The van der Waals surface area contributed by atoms with Crippen molar-refractivity contribution >= 4 is 17.2 Å². The number of nitrogens with two attached hydrogens (primary N) is 1. The Kier molecular flexibility index (Phi) is 5.48. The van der Waals surface area contributed by atoms with E-state index in [4.69, 9.17) is 20.1 Å².